The van der Waals surface area contributed by atoms with Gasteiger partial charge in [0.2, 0.25) is 0 Å². The first-order valence-corrected chi connectivity index (χ1v) is 10.4. The van der Waals surface area contributed by atoms with Gasteiger partial charge in [-0.2, -0.15) is 0 Å². The molecular formula is C22H33NO8. The summed E-state index contributed by atoms with van der Waals surface area (Å²) in [7, 11) is 0. The second kappa shape index (κ2) is 14.4. The van der Waals surface area contributed by atoms with E-state index in [9.17, 15) is 24.6 Å². The van der Waals surface area contributed by atoms with Gasteiger partial charge in [0, 0.05) is 18.8 Å². The number of carboxylic acid groups (broad SMARTS) is 2. The number of carbonyl (C=O) groups is 3. The van der Waals surface area contributed by atoms with Crippen molar-refractivity contribution in [2.24, 2.45) is 0 Å². The summed E-state index contributed by atoms with van der Waals surface area (Å²) in [4.78, 5) is 34.5. The van der Waals surface area contributed by atoms with Crippen LogP contribution < -0.4 is 5.32 Å². The zero-order valence-electron chi connectivity index (χ0n) is 18.4. The highest BCUT2D eigenvalue weighted by atomic mass is 16.6. The predicted molar refractivity (Wildman–Crippen MR) is 114 cm³/mol. The molecule has 0 fully saturated rings. The van der Waals surface area contributed by atoms with Crippen LogP contribution in [0.3, 0.4) is 0 Å². The number of hydrogen-bond acceptors (Lipinski definition) is 7. The zero-order valence-corrected chi connectivity index (χ0v) is 18.4. The van der Waals surface area contributed by atoms with E-state index in [1.807, 2.05) is 39.0 Å². The molecule has 0 saturated heterocycles. The first-order valence-electron chi connectivity index (χ1n) is 10.4. The number of esters is 1. The van der Waals surface area contributed by atoms with Crippen molar-refractivity contribution in [2.45, 2.75) is 58.7 Å². The average molecular weight is 440 g/mol. The van der Waals surface area contributed by atoms with E-state index < -0.39 is 36.7 Å². The number of aliphatic carboxylic acids is 2. The third-order valence-electron chi connectivity index (χ3n) is 4.61. The molecule has 0 aromatic heterocycles. The maximum atomic E-state index is 11.6. The third kappa shape index (κ3) is 10.3. The number of carbonyl (C=O) groups excluding carboxylic acids is 1. The lowest BCUT2D eigenvalue weighted by atomic mass is 10.1. The van der Waals surface area contributed by atoms with Crippen molar-refractivity contribution in [3.63, 3.8) is 0 Å². The molecule has 31 heavy (non-hydrogen) atoms. The van der Waals surface area contributed by atoms with Crippen LogP contribution in [0, 0.1) is 13.8 Å². The van der Waals surface area contributed by atoms with Crippen molar-refractivity contribution < 1.29 is 38.8 Å². The molecule has 0 saturated carbocycles. The smallest absolute Gasteiger partial charge is 0.336 e. The normalized spacial score (nSPS) is 12.7. The topological polar surface area (TPSA) is 131 Å². The van der Waals surface area contributed by atoms with E-state index >= 15 is 0 Å². The average Bonchev–Trinajstić information content (AvgIpc) is 2.71. The number of benzene rings is 1. The fourth-order valence-corrected chi connectivity index (χ4v) is 2.63. The number of anilines is 1. The largest absolute Gasteiger partial charge is 0.479 e. The van der Waals surface area contributed by atoms with Crippen molar-refractivity contribution in [1.82, 2.24) is 0 Å². The fourth-order valence-electron chi connectivity index (χ4n) is 2.63. The Morgan fingerprint density at radius 2 is 1.61 bits per heavy atom. The lowest BCUT2D eigenvalue weighted by Crippen LogP contribution is -2.44. The molecule has 0 amide bonds. The highest BCUT2D eigenvalue weighted by Crippen LogP contribution is 2.14. The molecule has 0 bridgehead atoms. The molecule has 1 rings (SSSR count). The third-order valence-corrected chi connectivity index (χ3v) is 4.61. The number of unbranched alkanes of at least 4 members (excludes halogenated alkanes) is 2. The SMILES string of the molecule is CCCCOC(=O)COC(C(=O)O)C(OCCCCNc1ccc(C)c(C)c1)C(=O)O. The van der Waals surface area contributed by atoms with Gasteiger partial charge >= 0.3 is 17.9 Å². The summed E-state index contributed by atoms with van der Waals surface area (Å²) < 4.78 is 15.1. The molecule has 9 nitrogen and oxygen atoms in total. The standard InChI is InChI=1S/C22H33NO8/c1-4-5-11-29-18(24)14-31-20(22(27)28)19(21(25)26)30-12-7-6-10-23-17-9-8-15(2)16(3)13-17/h8-9,13,19-20,23H,4-7,10-12,14H2,1-3H3,(H,25,26)(H,27,28). The molecular weight excluding hydrogens is 406 g/mol. The molecule has 2 atom stereocenters. The Hall–Kier alpha value is -2.65. The van der Waals surface area contributed by atoms with E-state index in [-0.39, 0.29) is 13.2 Å². The Labute approximate surface area is 182 Å². The van der Waals surface area contributed by atoms with Gasteiger partial charge in [-0.1, -0.05) is 19.4 Å². The Morgan fingerprint density at radius 3 is 2.23 bits per heavy atom. The minimum Gasteiger partial charge on any atom is -0.479 e. The second-order valence-corrected chi connectivity index (χ2v) is 7.21. The second-order valence-electron chi connectivity index (χ2n) is 7.21. The van der Waals surface area contributed by atoms with Crippen LogP contribution in [0.25, 0.3) is 0 Å². The zero-order chi connectivity index (χ0) is 23.2. The molecule has 1 aromatic carbocycles. The maximum absolute atomic E-state index is 11.6. The summed E-state index contributed by atoms with van der Waals surface area (Å²) in [5.41, 5.74) is 3.40. The number of hydrogen-bond donors (Lipinski definition) is 3. The summed E-state index contributed by atoms with van der Waals surface area (Å²) in [6.45, 7) is 6.25. The number of carboxylic acids is 2. The quantitative estimate of drug-likeness (QED) is 0.263. The molecule has 0 radical (unpaired) electrons. The molecule has 9 heteroatoms. The Balaban J connectivity index is 2.42. The van der Waals surface area contributed by atoms with Gasteiger partial charge in [-0.05, 0) is 56.4 Å². The number of aryl methyl sites for hydroxylation is 2. The number of rotatable bonds is 16. The van der Waals surface area contributed by atoms with Crippen LogP contribution in [-0.2, 0) is 28.6 Å². The summed E-state index contributed by atoms with van der Waals surface area (Å²) in [6, 6.07) is 6.07. The lowest BCUT2D eigenvalue weighted by molar-refractivity contribution is -0.180. The van der Waals surface area contributed by atoms with Crippen LogP contribution in [0.5, 0.6) is 0 Å². The first-order chi connectivity index (χ1) is 14.8. The summed E-state index contributed by atoms with van der Waals surface area (Å²) in [5.74, 6) is -3.74. The van der Waals surface area contributed by atoms with Gasteiger partial charge in [0.15, 0.2) is 12.2 Å². The van der Waals surface area contributed by atoms with Crippen LogP contribution in [0.4, 0.5) is 5.69 Å². The molecule has 3 N–H and O–H groups in total. The van der Waals surface area contributed by atoms with Gasteiger partial charge in [0.25, 0.3) is 0 Å². The van der Waals surface area contributed by atoms with Crippen LogP contribution in [0.2, 0.25) is 0 Å². The molecule has 0 heterocycles. The van der Waals surface area contributed by atoms with Crippen molar-refractivity contribution in [3.8, 4) is 0 Å². The van der Waals surface area contributed by atoms with Crippen LogP contribution in [0.1, 0.15) is 43.7 Å². The van der Waals surface area contributed by atoms with Gasteiger partial charge in [-0.15, -0.1) is 0 Å². The summed E-state index contributed by atoms with van der Waals surface area (Å²) in [6.07, 6.45) is -0.818. The van der Waals surface area contributed by atoms with Crippen molar-refractivity contribution >= 4 is 23.6 Å². The predicted octanol–water partition coefficient (Wildman–Crippen LogP) is 2.78. The number of nitrogens with one attached hydrogen (secondary N) is 1. The Morgan fingerprint density at radius 1 is 0.935 bits per heavy atom. The van der Waals surface area contributed by atoms with Crippen molar-refractivity contribution in [3.05, 3.63) is 29.3 Å². The van der Waals surface area contributed by atoms with E-state index in [1.54, 1.807) is 0 Å². The minimum atomic E-state index is -1.81. The lowest BCUT2D eigenvalue weighted by Gasteiger charge is -2.21. The molecule has 2 unspecified atom stereocenters. The van der Waals surface area contributed by atoms with Crippen LogP contribution >= 0.6 is 0 Å². The van der Waals surface area contributed by atoms with Gasteiger partial charge < -0.3 is 29.7 Å². The Bertz CT molecular complexity index is 721. The van der Waals surface area contributed by atoms with Crippen LogP contribution in [-0.4, -0.2) is 66.7 Å². The maximum Gasteiger partial charge on any atom is 0.336 e. The molecule has 0 aliphatic rings. The highest BCUT2D eigenvalue weighted by Gasteiger charge is 2.36. The molecule has 174 valence electrons. The summed E-state index contributed by atoms with van der Waals surface area (Å²) in [5, 5.41) is 21.9. The first kappa shape index (κ1) is 26.4. The van der Waals surface area contributed by atoms with E-state index in [0.717, 1.165) is 12.1 Å². The monoisotopic (exact) mass is 439 g/mol. The van der Waals surface area contributed by atoms with Crippen LogP contribution in [0.15, 0.2) is 18.2 Å². The van der Waals surface area contributed by atoms with E-state index in [1.165, 1.54) is 11.1 Å². The molecule has 1 aromatic rings. The van der Waals surface area contributed by atoms with Gasteiger partial charge in [0.1, 0.15) is 6.61 Å². The van der Waals surface area contributed by atoms with E-state index in [4.69, 9.17) is 14.2 Å². The molecule has 0 aliphatic carbocycles. The van der Waals surface area contributed by atoms with Crippen molar-refractivity contribution in [2.75, 3.05) is 31.7 Å². The number of ether oxygens (including phenoxy) is 3. The van der Waals surface area contributed by atoms with Gasteiger partial charge in [-0.3, -0.25) is 0 Å². The fraction of sp³-hybridized carbons (Fsp3) is 0.591. The van der Waals surface area contributed by atoms with Gasteiger partial charge in [0.05, 0.1) is 6.61 Å². The molecule has 0 aliphatic heterocycles. The van der Waals surface area contributed by atoms with E-state index in [2.05, 4.69) is 5.32 Å². The van der Waals surface area contributed by atoms with Crippen molar-refractivity contribution in [1.29, 1.82) is 0 Å². The molecule has 0 spiro atoms. The highest BCUT2D eigenvalue weighted by molar-refractivity contribution is 5.84. The minimum absolute atomic E-state index is 0.0413. The Kier molecular flexibility index (Phi) is 12.2. The van der Waals surface area contributed by atoms with E-state index in [0.29, 0.717) is 25.8 Å². The van der Waals surface area contributed by atoms with Gasteiger partial charge in [-0.25, -0.2) is 14.4 Å². The summed E-state index contributed by atoms with van der Waals surface area (Å²) >= 11 is 0.